The van der Waals surface area contributed by atoms with E-state index in [9.17, 15) is 4.79 Å². The summed E-state index contributed by atoms with van der Waals surface area (Å²) < 4.78 is 0.887. The number of carbonyl (C=O) groups is 1. The monoisotopic (exact) mass is 280 g/mol. The molecule has 0 aliphatic rings. The van der Waals surface area contributed by atoms with Gasteiger partial charge in [0.2, 0.25) is 0 Å². The number of Topliss-reactive ketones (excluding diaryl/α,β-unsaturated/α-hetero) is 1. The first kappa shape index (κ1) is 11.3. The molecule has 4 heteroatoms. The molecule has 0 fully saturated rings. The van der Waals surface area contributed by atoms with E-state index in [1.807, 2.05) is 19.9 Å². The fourth-order valence-corrected chi connectivity index (χ4v) is 2.02. The standard InChI is InChI=1S/C12H13BrN2O/c1-7(2)3-11(16)10-6-15-12-9(10)4-8(13)5-14-12/h4-7H,3H2,1-2H3,(H,14,15). The van der Waals surface area contributed by atoms with Gasteiger partial charge in [-0.1, -0.05) is 13.8 Å². The van der Waals surface area contributed by atoms with Crippen molar-refractivity contribution in [2.75, 3.05) is 0 Å². The van der Waals surface area contributed by atoms with Gasteiger partial charge in [0.25, 0.3) is 0 Å². The van der Waals surface area contributed by atoms with Gasteiger partial charge in [0, 0.05) is 34.2 Å². The highest BCUT2D eigenvalue weighted by Gasteiger charge is 2.14. The molecule has 0 spiro atoms. The fraction of sp³-hybridized carbons (Fsp3) is 0.333. The van der Waals surface area contributed by atoms with Gasteiger partial charge in [-0.15, -0.1) is 0 Å². The van der Waals surface area contributed by atoms with Gasteiger partial charge in [0.15, 0.2) is 5.78 Å². The minimum atomic E-state index is 0.168. The van der Waals surface area contributed by atoms with Crippen LogP contribution in [-0.4, -0.2) is 15.8 Å². The Bertz CT molecular complexity index is 531. The first-order valence-electron chi connectivity index (χ1n) is 5.23. The summed E-state index contributed by atoms with van der Waals surface area (Å²) in [6.45, 7) is 4.09. The lowest BCUT2D eigenvalue weighted by atomic mass is 10.0. The second kappa shape index (κ2) is 4.37. The molecule has 0 unspecified atom stereocenters. The maximum absolute atomic E-state index is 12.0. The predicted octanol–water partition coefficient (Wildman–Crippen LogP) is 3.55. The number of pyridine rings is 1. The van der Waals surface area contributed by atoms with Gasteiger partial charge in [0.1, 0.15) is 5.65 Å². The van der Waals surface area contributed by atoms with Crippen molar-refractivity contribution < 1.29 is 4.79 Å². The molecule has 2 aromatic rings. The number of halogens is 1. The number of aromatic amines is 1. The number of carbonyl (C=O) groups excluding carboxylic acids is 1. The number of fused-ring (bicyclic) bond motifs is 1. The molecular weight excluding hydrogens is 268 g/mol. The van der Waals surface area contributed by atoms with E-state index in [2.05, 4.69) is 25.9 Å². The molecule has 0 amide bonds. The third kappa shape index (κ3) is 2.16. The van der Waals surface area contributed by atoms with Crippen LogP contribution in [0.25, 0.3) is 11.0 Å². The van der Waals surface area contributed by atoms with Gasteiger partial charge in [-0.25, -0.2) is 4.98 Å². The van der Waals surface area contributed by atoms with Crippen molar-refractivity contribution in [3.05, 3.63) is 28.5 Å². The van der Waals surface area contributed by atoms with Crippen molar-refractivity contribution in [2.45, 2.75) is 20.3 Å². The average molecular weight is 281 g/mol. The molecule has 0 saturated heterocycles. The minimum Gasteiger partial charge on any atom is -0.345 e. The second-order valence-electron chi connectivity index (χ2n) is 4.27. The smallest absolute Gasteiger partial charge is 0.165 e. The zero-order valence-electron chi connectivity index (χ0n) is 9.25. The number of rotatable bonds is 3. The number of hydrogen-bond donors (Lipinski definition) is 1. The van der Waals surface area contributed by atoms with Crippen molar-refractivity contribution in [3.8, 4) is 0 Å². The van der Waals surface area contributed by atoms with Crippen LogP contribution < -0.4 is 0 Å². The van der Waals surface area contributed by atoms with Crippen LogP contribution in [0.4, 0.5) is 0 Å². The molecule has 84 valence electrons. The van der Waals surface area contributed by atoms with Crippen LogP contribution in [0, 0.1) is 5.92 Å². The molecule has 0 atom stereocenters. The van der Waals surface area contributed by atoms with Crippen molar-refractivity contribution in [1.82, 2.24) is 9.97 Å². The van der Waals surface area contributed by atoms with E-state index in [0.29, 0.717) is 12.3 Å². The van der Waals surface area contributed by atoms with E-state index in [1.165, 1.54) is 0 Å². The molecule has 16 heavy (non-hydrogen) atoms. The molecule has 0 radical (unpaired) electrons. The zero-order valence-corrected chi connectivity index (χ0v) is 10.8. The van der Waals surface area contributed by atoms with Crippen LogP contribution in [-0.2, 0) is 0 Å². The lowest BCUT2D eigenvalue weighted by Gasteiger charge is -2.02. The summed E-state index contributed by atoms with van der Waals surface area (Å²) in [5, 5.41) is 0.889. The number of hydrogen-bond acceptors (Lipinski definition) is 2. The number of aromatic nitrogens is 2. The largest absolute Gasteiger partial charge is 0.345 e. The van der Waals surface area contributed by atoms with E-state index in [-0.39, 0.29) is 5.78 Å². The third-order valence-electron chi connectivity index (χ3n) is 2.39. The maximum atomic E-state index is 12.0. The van der Waals surface area contributed by atoms with Crippen LogP contribution in [0.5, 0.6) is 0 Å². The molecule has 2 rings (SSSR count). The van der Waals surface area contributed by atoms with Gasteiger partial charge in [-0.05, 0) is 27.9 Å². The molecule has 3 nitrogen and oxygen atoms in total. The van der Waals surface area contributed by atoms with Crippen LogP contribution in [0.15, 0.2) is 22.9 Å². The van der Waals surface area contributed by atoms with Crippen LogP contribution in [0.1, 0.15) is 30.6 Å². The molecule has 0 aromatic carbocycles. The highest BCUT2D eigenvalue weighted by Crippen LogP contribution is 2.22. The molecule has 0 bridgehead atoms. The fourth-order valence-electron chi connectivity index (χ4n) is 1.69. The zero-order chi connectivity index (χ0) is 11.7. The highest BCUT2D eigenvalue weighted by molar-refractivity contribution is 9.10. The number of nitrogens with zero attached hydrogens (tertiary/aromatic N) is 1. The Labute approximate surface area is 102 Å². The van der Waals surface area contributed by atoms with E-state index < -0.39 is 0 Å². The van der Waals surface area contributed by atoms with Crippen molar-refractivity contribution in [1.29, 1.82) is 0 Å². The van der Waals surface area contributed by atoms with Gasteiger partial charge in [0.05, 0.1) is 0 Å². The molecule has 0 aliphatic heterocycles. The summed E-state index contributed by atoms with van der Waals surface area (Å²) in [6.07, 6.45) is 4.03. The van der Waals surface area contributed by atoms with Gasteiger partial charge in [-0.2, -0.15) is 0 Å². The topological polar surface area (TPSA) is 45.8 Å². The minimum absolute atomic E-state index is 0.168. The number of ketones is 1. The summed E-state index contributed by atoms with van der Waals surface area (Å²) in [5.74, 6) is 0.540. The lowest BCUT2D eigenvalue weighted by Crippen LogP contribution is -2.02. The second-order valence-corrected chi connectivity index (χ2v) is 5.19. The first-order chi connectivity index (χ1) is 7.58. The molecule has 2 aromatic heterocycles. The summed E-state index contributed by atoms with van der Waals surface area (Å²) in [4.78, 5) is 19.2. The van der Waals surface area contributed by atoms with Gasteiger partial charge < -0.3 is 4.98 Å². The van der Waals surface area contributed by atoms with Crippen molar-refractivity contribution in [3.63, 3.8) is 0 Å². The Kier molecular flexibility index (Phi) is 3.10. The highest BCUT2D eigenvalue weighted by atomic mass is 79.9. The van der Waals surface area contributed by atoms with Gasteiger partial charge >= 0.3 is 0 Å². The number of H-pyrrole nitrogens is 1. The Morgan fingerprint density at radius 1 is 1.56 bits per heavy atom. The third-order valence-corrected chi connectivity index (χ3v) is 2.83. The summed E-state index contributed by atoms with van der Waals surface area (Å²) in [7, 11) is 0. The Balaban J connectivity index is 2.44. The Hall–Kier alpha value is -1.16. The lowest BCUT2D eigenvalue weighted by molar-refractivity contribution is 0.0969. The summed E-state index contributed by atoms with van der Waals surface area (Å²) in [5.41, 5.74) is 1.49. The van der Waals surface area contributed by atoms with Crippen LogP contribution >= 0.6 is 15.9 Å². The van der Waals surface area contributed by atoms with Gasteiger partial charge in [-0.3, -0.25) is 4.79 Å². The molecule has 2 heterocycles. The molecule has 0 saturated carbocycles. The Morgan fingerprint density at radius 3 is 3.00 bits per heavy atom. The van der Waals surface area contributed by atoms with Crippen molar-refractivity contribution in [2.24, 2.45) is 5.92 Å². The normalized spacial score (nSPS) is 11.2. The number of nitrogens with one attached hydrogen (secondary N) is 1. The average Bonchev–Trinajstić information content (AvgIpc) is 2.59. The summed E-state index contributed by atoms with van der Waals surface area (Å²) in [6, 6.07) is 1.92. The predicted molar refractivity (Wildman–Crippen MR) is 67.6 cm³/mol. The molecule has 0 aliphatic carbocycles. The summed E-state index contributed by atoms with van der Waals surface area (Å²) >= 11 is 3.36. The first-order valence-corrected chi connectivity index (χ1v) is 6.03. The Morgan fingerprint density at radius 2 is 2.31 bits per heavy atom. The van der Waals surface area contributed by atoms with Crippen LogP contribution in [0.3, 0.4) is 0 Å². The SMILES string of the molecule is CC(C)CC(=O)c1c[nH]c2ncc(Br)cc12. The van der Waals surface area contributed by atoms with E-state index >= 15 is 0 Å². The van der Waals surface area contributed by atoms with Crippen molar-refractivity contribution >= 4 is 32.7 Å². The van der Waals surface area contributed by atoms with E-state index in [1.54, 1.807) is 12.4 Å². The maximum Gasteiger partial charge on any atom is 0.165 e. The van der Waals surface area contributed by atoms with E-state index in [4.69, 9.17) is 0 Å². The quantitative estimate of drug-likeness (QED) is 0.874. The van der Waals surface area contributed by atoms with E-state index in [0.717, 1.165) is 21.1 Å². The molecular formula is C12H13BrN2O. The van der Waals surface area contributed by atoms with Crippen LogP contribution in [0.2, 0.25) is 0 Å². The molecule has 1 N–H and O–H groups in total.